The van der Waals surface area contributed by atoms with E-state index in [1.54, 1.807) is 6.92 Å². The fraction of sp³-hybridized carbons (Fsp3) is 0.562. The van der Waals surface area contributed by atoms with Gasteiger partial charge in [-0.2, -0.15) is 13.2 Å². The fourth-order valence-electron chi connectivity index (χ4n) is 2.83. The Morgan fingerprint density at radius 2 is 2.05 bits per heavy atom. The third-order valence-electron chi connectivity index (χ3n) is 4.07. The molecule has 1 aromatic rings. The van der Waals surface area contributed by atoms with E-state index in [9.17, 15) is 18.0 Å². The van der Waals surface area contributed by atoms with Gasteiger partial charge in [0.2, 0.25) is 5.91 Å². The van der Waals surface area contributed by atoms with Gasteiger partial charge >= 0.3 is 6.18 Å². The molecule has 2 unspecified atom stereocenters. The van der Waals surface area contributed by atoms with Crippen LogP contribution in [0.3, 0.4) is 0 Å². The highest BCUT2D eigenvalue weighted by atomic mass is 19.4. The molecule has 6 heteroatoms. The lowest BCUT2D eigenvalue weighted by Crippen LogP contribution is -2.46. The highest BCUT2D eigenvalue weighted by Crippen LogP contribution is 2.22. The van der Waals surface area contributed by atoms with Crippen molar-refractivity contribution in [3.8, 4) is 0 Å². The minimum Gasteiger partial charge on any atom is -0.346 e. The molecule has 1 amide bonds. The molecule has 0 saturated carbocycles. The van der Waals surface area contributed by atoms with E-state index in [0.717, 1.165) is 25.9 Å². The third-order valence-corrected chi connectivity index (χ3v) is 4.07. The van der Waals surface area contributed by atoms with E-state index in [-0.39, 0.29) is 0 Å². The van der Waals surface area contributed by atoms with Gasteiger partial charge in [0, 0.05) is 6.54 Å². The first-order chi connectivity index (χ1) is 10.3. The summed E-state index contributed by atoms with van der Waals surface area (Å²) in [6.45, 7) is 1.89. The zero-order valence-electron chi connectivity index (χ0n) is 12.6. The maximum absolute atomic E-state index is 12.1. The van der Waals surface area contributed by atoms with Crippen molar-refractivity contribution < 1.29 is 18.0 Å². The van der Waals surface area contributed by atoms with Crippen LogP contribution < -0.4 is 5.32 Å². The zero-order valence-corrected chi connectivity index (χ0v) is 12.6. The summed E-state index contributed by atoms with van der Waals surface area (Å²) in [7, 11) is 0. The number of carbonyl (C=O) groups is 1. The Morgan fingerprint density at radius 1 is 1.36 bits per heavy atom. The quantitative estimate of drug-likeness (QED) is 0.906. The number of nitrogens with zero attached hydrogens (tertiary/aromatic N) is 1. The average molecular weight is 314 g/mol. The summed E-state index contributed by atoms with van der Waals surface area (Å²) in [4.78, 5) is 13.7. The van der Waals surface area contributed by atoms with Gasteiger partial charge in [-0.3, -0.25) is 9.69 Å². The van der Waals surface area contributed by atoms with Gasteiger partial charge in [0.05, 0.1) is 6.04 Å². The number of halogens is 3. The largest absolute Gasteiger partial charge is 0.405 e. The van der Waals surface area contributed by atoms with E-state index in [0.29, 0.717) is 5.92 Å². The summed E-state index contributed by atoms with van der Waals surface area (Å²) in [5.74, 6) is -0.113. The van der Waals surface area contributed by atoms with Gasteiger partial charge in [0.15, 0.2) is 0 Å². The molecule has 0 aliphatic carbocycles. The molecule has 1 aromatic carbocycles. The molecule has 3 nitrogen and oxygen atoms in total. The summed E-state index contributed by atoms with van der Waals surface area (Å²) in [5, 5.41) is 1.96. The van der Waals surface area contributed by atoms with Crippen LogP contribution in [0.5, 0.6) is 0 Å². The standard InChI is InChI=1S/C16H21F3N2O/c1-12(15(22)20-11-16(17,18)19)21-8-7-14(10-21)9-13-5-3-2-4-6-13/h2-6,12,14H,7-11H2,1H3,(H,20,22). The lowest BCUT2D eigenvalue weighted by Gasteiger charge is -2.23. The Kier molecular flexibility index (Phi) is 5.45. The number of nitrogens with one attached hydrogen (secondary N) is 1. The van der Waals surface area contributed by atoms with E-state index in [1.807, 2.05) is 28.4 Å². The van der Waals surface area contributed by atoms with Crippen molar-refractivity contribution in [2.75, 3.05) is 19.6 Å². The molecule has 1 N–H and O–H groups in total. The van der Waals surface area contributed by atoms with Gasteiger partial charge in [0.25, 0.3) is 0 Å². The Bertz CT molecular complexity index is 490. The molecule has 22 heavy (non-hydrogen) atoms. The number of benzene rings is 1. The molecule has 1 saturated heterocycles. The van der Waals surface area contributed by atoms with E-state index in [1.165, 1.54) is 5.56 Å². The predicted molar refractivity (Wildman–Crippen MR) is 78.4 cm³/mol. The minimum atomic E-state index is -4.36. The average Bonchev–Trinajstić information content (AvgIpc) is 2.92. The smallest absolute Gasteiger partial charge is 0.346 e. The van der Waals surface area contributed by atoms with E-state index in [2.05, 4.69) is 12.1 Å². The van der Waals surface area contributed by atoms with Crippen LogP contribution in [0.1, 0.15) is 18.9 Å². The van der Waals surface area contributed by atoms with Crippen molar-refractivity contribution in [2.45, 2.75) is 32.0 Å². The van der Waals surface area contributed by atoms with Crippen molar-refractivity contribution in [3.05, 3.63) is 35.9 Å². The summed E-state index contributed by atoms with van der Waals surface area (Å²) >= 11 is 0. The van der Waals surface area contributed by atoms with Gasteiger partial charge in [-0.1, -0.05) is 30.3 Å². The second-order valence-corrected chi connectivity index (χ2v) is 5.85. The summed E-state index contributed by atoms with van der Waals surface area (Å²) in [6.07, 6.45) is -2.46. The van der Waals surface area contributed by atoms with Crippen LogP contribution in [-0.2, 0) is 11.2 Å². The number of alkyl halides is 3. The topological polar surface area (TPSA) is 32.3 Å². The zero-order chi connectivity index (χ0) is 16.2. The Labute approximate surface area is 128 Å². The second kappa shape index (κ2) is 7.13. The van der Waals surface area contributed by atoms with Crippen LogP contribution in [0.2, 0.25) is 0 Å². The summed E-state index contributed by atoms with van der Waals surface area (Å²) in [6, 6.07) is 9.58. The van der Waals surface area contributed by atoms with Crippen LogP contribution in [0.25, 0.3) is 0 Å². The lowest BCUT2D eigenvalue weighted by molar-refractivity contribution is -0.141. The van der Waals surface area contributed by atoms with Crippen molar-refractivity contribution in [1.29, 1.82) is 0 Å². The predicted octanol–water partition coefficient (Wildman–Crippen LogP) is 2.62. The van der Waals surface area contributed by atoms with Crippen LogP contribution in [0, 0.1) is 5.92 Å². The summed E-state index contributed by atoms with van der Waals surface area (Å²) < 4.78 is 36.4. The van der Waals surface area contributed by atoms with Gasteiger partial charge < -0.3 is 5.32 Å². The second-order valence-electron chi connectivity index (χ2n) is 5.85. The fourth-order valence-corrected chi connectivity index (χ4v) is 2.83. The van der Waals surface area contributed by atoms with Crippen LogP contribution in [0.4, 0.5) is 13.2 Å². The Hall–Kier alpha value is -1.56. The number of likely N-dealkylation sites (tertiary alicyclic amines) is 1. The van der Waals surface area contributed by atoms with Crippen molar-refractivity contribution in [2.24, 2.45) is 5.92 Å². The van der Waals surface area contributed by atoms with Gasteiger partial charge in [0.1, 0.15) is 6.54 Å². The maximum atomic E-state index is 12.1. The first-order valence-corrected chi connectivity index (χ1v) is 7.47. The molecule has 0 aromatic heterocycles. The van der Waals surface area contributed by atoms with Crippen LogP contribution >= 0.6 is 0 Å². The van der Waals surface area contributed by atoms with Crippen LogP contribution in [-0.4, -0.2) is 42.7 Å². The molecule has 1 aliphatic rings. The van der Waals surface area contributed by atoms with Crippen molar-refractivity contribution >= 4 is 5.91 Å². The molecule has 2 rings (SSSR count). The van der Waals surface area contributed by atoms with Gasteiger partial charge in [-0.25, -0.2) is 0 Å². The molecule has 0 bridgehead atoms. The first kappa shape index (κ1) is 16.8. The number of rotatable bonds is 5. The highest BCUT2D eigenvalue weighted by Gasteiger charge is 2.32. The summed E-state index contributed by atoms with van der Waals surface area (Å²) in [5.41, 5.74) is 1.25. The molecular weight excluding hydrogens is 293 g/mol. The van der Waals surface area contributed by atoms with Gasteiger partial charge in [-0.05, 0) is 37.8 Å². The van der Waals surface area contributed by atoms with Gasteiger partial charge in [-0.15, -0.1) is 0 Å². The molecule has 1 fully saturated rings. The number of carbonyl (C=O) groups excluding carboxylic acids is 1. The third kappa shape index (κ3) is 5.02. The maximum Gasteiger partial charge on any atom is 0.405 e. The molecule has 0 spiro atoms. The SMILES string of the molecule is CC(C(=O)NCC(F)(F)F)N1CCC(Cc2ccccc2)C1. The first-order valence-electron chi connectivity index (χ1n) is 7.47. The number of hydrogen-bond donors (Lipinski definition) is 1. The molecule has 0 radical (unpaired) electrons. The molecule has 1 heterocycles. The lowest BCUT2D eigenvalue weighted by atomic mass is 9.99. The van der Waals surface area contributed by atoms with E-state index in [4.69, 9.17) is 0 Å². The Balaban J connectivity index is 1.80. The van der Waals surface area contributed by atoms with Crippen molar-refractivity contribution in [1.82, 2.24) is 10.2 Å². The normalized spacial score (nSPS) is 20.8. The monoisotopic (exact) mass is 314 g/mol. The van der Waals surface area contributed by atoms with Crippen molar-refractivity contribution in [3.63, 3.8) is 0 Å². The Morgan fingerprint density at radius 3 is 2.68 bits per heavy atom. The number of amides is 1. The number of hydrogen-bond acceptors (Lipinski definition) is 2. The highest BCUT2D eigenvalue weighted by molar-refractivity contribution is 5.81. The minimum absolute atomic E-state index is 0.445. The molecular formula is C16H21F3N2O. The molecule has 122 valence electrons. The van der Waals surface area contributed by atoms with Crippen LogP contribution in [0.15, 0.2) is 30.3 Å². The van der Waals surface area contributed by atoms with E-state index >= 15 is 0 Å². The molecule has 2 atom stereocenters. The van der Waals surface area contributed by atoms with E-state index < -0.39 is 24.7 Å². The molecule has 1 aliphatic heterocycles.